The van der Waals surface area contributed by atoms with Gasteiger partial charge < -0.3 is 14.6 Å². The lowest BCUT2D eigenvalue weighted by Gasteiger charge is -2.12. The summed E-state index contributed by atoms with van der Waals surface area (Å²) in [5, 5.41) is 3.46. The lowest BCUT2D eigenvalue weighted by atomic mass is 10.1. The van der Waals surface area contributed by atoms with Gasteiger partial charge in [-0.3, -0.25) is 0 Å². The van der Waals surface area contributed by atoms with Crippen LogP contribution in [0.2, 0.25) is 0 Å². The predicted octanol–water partition coefficient (Wildman–Crippen LogP) is 3.26. The van der Waals surface area contributed by atoms with Crippen LogP contribution < -0.4 is 10.2 Å². The van der Waals surface area contributed by atoms with Crippen LogP contribution in [0.3, 0.4) is 0 Å². The zero-order valence-corrected chi connectivity index (χ0v) is 11.5. The van der Waals surface area contributed by atoms with Gasteiger partial charge in [-0.2, -0.15) is 0 Å². The van der Waals surface area contributed by atoms with E-state index in [9.17, 15) is 0 Å². The van der Waals surface area contributed by atoms with E-state index in [2.05, 4.69) is 46.6 Å². The number of hydrogen-bond acceptors (Lipinski definition) is 3. The van der Waals surface area contributed by atoms with E-state index in [0.717, 1.165) is 23.6 Å². The first-order valence-electron chi connectivity index (χ1n) is 6.82. The minimum atomic E-state index is 0.716. The van der Waals surface area contributed by atoms with E-state index in [-0.39, 0.29) is 0 Å². The third kappa shape index (κ3) is 2.99. The monoisotopic (exact) mass is 256 g/mol. The van der Waals surface area contributed by atoms with E-state index in [1.165, 1.54) is 18.5 Å². The average Bonchev–Trinajstić information content (AvgIpc) is 3.13. The van der Waals surface area contributed by atoms with Crippen LogP contribution in [0.1, 0.15) is 18.6 Å². The number of furan rings is 1. The number of anilines is 1. The highest BCUT2D eigenvalue weighted by Gasteiger charge is 2.20. The molecular formula is C16H20N2O. The molecule has 1 saturated carbocycles. The summed E-state index contributed by atoms with van der Waals surface area (Å²) in [7, 11) is 4.09. The first kappa shape index (κ1) is 12.3. The molecule has 0 atom stereocenters. The van der Waals surface area contributed by atoms with Gasteiger partial charge in [-0.15, -0.1) is 0 Å². The molecular weight excluding hydrogens is 236 g/mol. The van der Waals surface area contributed by atoms with E-state index in [4.69, 9.17) is 4.42 Å². The molecule has 1 N–H and O–H groups in total. The Morgan fingerprint density at radius 2 is 1.84 bits per heavy atom. The molecule has 0 radical (unpaired) electrons. The first-order chi connectivity index (χ1) is 9.22. The number of nitrogens with one attached hydrogen (secondary N) is 1. The van der Waals surface area contributed by atoms with E-state index >= 15 is 0 Å². The zero-order valence-electron chi connectivity index (χ0n) is 11.5. The SMILES string of the molecule is CN(C)c1ccc(-c2ccc(CNC3CC3)o2)cc1. The summed E-state index contributed by atoms with van der Waals surface area (Å²) in [5.41, 5.74) is 2.33. The molecule has 0 aliphatic heterocycles. The quantitative estimate of drug-likeness (QED) is 0.890. The topological polar surface area (TPSA) is 28.4 Å². The maximum Gasteiger partial charge on any atom is 0.134 e. The fourth-order valence-electron chi connectivity index (χ4n) is 2.08. The van der Waals surface area contributed by atoms with Crippen molar-refractivity contribution in [2.45, 2.75) is 25.4 Å². The number of nitrogens with zero attached hydrogens (tertiary/aromatic N) is 1. The van der Waals surface area contributed by atoms with Crippen LogP contribution in [0, 0.1) is 0 Å². The highest BCUT2D eigenvalue weighted by molar-refractivity contribution is 5.61. The summed E-state index contributed by atoms with van der Waals surface area (Å²) in [5.74, 6) is 1.96. The predicted molar refractivity (Wildman–Crippen MR) is 78.3 cm³/mol. The molecule has 1 aromatic carbocycles. The van der Waals surface area contributed by atoms with E-state index in [0.29, 0.717) is 6.04 Å². The van der Waals surface area contributed by atoms with Gasteiger partial charge in [0, 0.05) is 31.4 Å². The summed E-state index contributed by atoms with van der Waals surface area (Å²) in [6.07, 6.45) is 2.61. The van der Waals surface area contributed by atoms with E-state index in [1.54, 1.807) is 0 Å². The summed E-state index contributed by atoms with van der Waals surface area (Å²) in [6.45, 7) is 0.834. The highest BCUT2D eigenvalue weighted by atomic mass is 16.3. The van der Waals surface area contributed by atoms with Crippen molar-refractivity contribution in [2.24, 2.45) is 0 Å². The Bertz CT molecular complexity index is 538. The van der Waals surface area contributed by atoms with Crippen molar-refractivity contribution in [2.75, 3.05) is 19.0 Å². The fraction of sp³-hybridized carbons (Fsp3) is 0.375. The van der Waals surface area contributed by atoms with Crippen molar-refractivity contribution in [1.82, 2.24) is 5.32 Å². The van der Waals surface area contributed by atoms with Gasteiger partial charge in [0.1, 0.15) is 11.5 Å². The smallest absolute Gasteiger partial charge is 0.134 e. The molecule has 3 heteroatoms. The third-order valence-electron chi connectivity index (χ3n) is 3.47. The van der Waals surface area contributed by atoms with Crippen molar-refractivity contribution in [1.29, 1.82) is 0 Å². The highest BCUT2D eigenvalue weighted by Crippen LogP contribution is 2.25. The van der Waals surface area contributed by atoms with Crippen molar-refractivity contribution >= 4 is 5.69 Å². The molecule has 3 nitrogen and oxygen atoms in total. The molecule has 2 aromatic rings. The van der Waals surface area contributed by atoms with Gasteiger partial charge in [0.2, 0.25) is 0 Å². The Kier molecular flexibility index (Phi) is 3.30. The minimum Gasteiger partial charge on any atom is -0.460 e. The normalized spacial score (nSPS) is 14.6. The van der Waals surface area contributed by atoms with Gasteiger partial charge >= 0.3 is 0 Å². The second-order valence-corrected chi connectivity index (χ2v) is 5.36. The minimum absolute atomic E-state index is 0.716. The first-order valence-corrected chi connectivity index (χ1v) is 6.82. The van der Waals surface area contributed by atoms with Gasteiger partial charge in [0.15, 0.2) is 0 Å². The van der Waals surface area contributed by atoms with Gasteiger partial charge in [-0.1, -0.05) is 0 Å². The second kappa shape index (κ2) is 5.10. The van der Waals surface area contributed by atoms with Crippen LogP contribution >= 0.6 is 0 Å². The van der Waals surface area contributed by atoms with Gasteiger partial charge in [0.25, 0.3) is 0 Å². The molecule has 0 unspecified atom stereocenters. The van der Waals surface area contributed by atoms with Gasteiger partial charge in [-0.05, 0) is 49.2 Å². The maximum atomic E-state index is 5.87. The van der Waals surface area contributed by atoms with Crippen LogP contribution in [0.15, 0.2) is 40.8 Å². The lowest BCUT2D eigenvalue weighted by molar-refractivity contribution is 0.492. The van der Waals surface area contributed by atoms with Crippen molar-refractivity contribution in [3.63, 3.8) is 0 Å². The summed E-state index contributed by atoms with van der Waals surface area (Å²) < 4.78 is 5.87. The average molecular weight is 256 g/mol. The Morgan fingerprint density at radius 3 is 2.47 bits per heavy atom. The Hall–Kier alpha value is -1.74. The second-order valence-electron chi connectivity index (χ2n) is 5.36. The molecule has 1 fully saturated rings. The summed E-state index contributed by atoms with van der Waals surface area (Å²) >= 11 is 0. The molecule has 1 aromatic heterocycles. The molecule has 100 valence electrons. The lowest BCUT2D eigenvalue weighted by Crippen LogP contribution is -2.14. The molecule has 1 aliphatic rings. The number of benzene rings is 1. The van der Waals surface area contributed by atoms with Crippen LogP contribution in [0.5, 0.6) is 0 Å². The van der Waals surface area contributed by atoms with Crippen LogP contribution in [0.25, 0.3) is 11.3 Å². The maximum absolute atomic E-state index is 5.87. The Labute approximate surface area is 114 Å². The molecule has 1 aliphatic carbocycles. The van der Waals surface area contributed by atoms with Crippen LogP contribution in [-0.4, -0.2) is 20.1 Å². The Morgan fingerprint density at radius 1 is 1.11 bits per heavy atom. The molecule has 0 amide bonds. The largest absolute Gasteiger partial charge is 0.460 e. The molecule has 19 heavy (non-hydrogen) atoms. The van der Waals surface area contributed by atoms with Crippen molar-refractivity contribution in [3.05, 3.63) is 42.2 Å². The molecule has 0 bridgehead atoms. The third-order valence-corrected chi connectivity index (χ3v) is 3.47. The zero-order chi connectivity index (χ0) is 13.2. The van der Waals surface area contributed by atoms with Crippen molar-refractivity contribution in [3.8, 4) is 11.3 Å². The number of rotatable bonds is 5. The molecule has 3 rings (SSSR count). The fourth-order valence-corrected chi connectivity index (χ4v) is 2.08. The standard InChI is InChI=1S/C16H20N2O/c1-18(2)14-7-3-12(4-8-14)16-10-9-15(19-16)11-17-13-5-6-13/h3-4,7-10,13,17H,5-6,11H2,1-2H3. The van der Waals surface area contributed by atoms with Crippen LogP contribution in [-0.2, 0) is 6.54 Å². The Balaban J connectivity index is 1.70. The van der Waals surface area contributed by atoms with Gasteiger partial charge in [0.05, 0.1) is 6.54 Å². The van der Waals surface area contributed by atoms with E-state index < -0.39 is 0 Å². The van der Waals surface area contributed by atoms with Crippen LogP contribution in [0.4, 0.5) is 5.69 Å². The molecule has 0 saturated heterocycles. The van der Waals surface area contributed by atoms with Crippen molar-refractivity contribution < 1.29 is 4.42 Å². The summed E-state index contributed by atoms with van der Waals surface area (Å²) in [6, 6.07) is 13.3. The molecule has 1 heterocycles. The summed E-state index contributed by atoms with van der Waals surface area (Å²) in [4.78, 5) is 2.09. The molecule has 0 spiro atoms. The van der Waals surface area contributed by atoms with Gasteiger partial charge in [-0.25, -0.2) is 0 Å². The number of hydrogen-bond donors (Lipinski definition) is 1. The van der Waals surface area contributed by atoms with E-state index in [1.807, 2.05) is 14.1 Å².